The fraction of sp³-hybridized carbons (Fsp3) is 0.360. The molecule has 0 atom stereocenters. The summed E-state index contributed by atoms with van der Waals surface area (Å²) >= 11 is 1.07. The second-order valence-electron chi connectivity index (χ2n) is 7.60. The first-order valence-electron chi connectivity index (χ1n) is 11.3. The first-order valence-corrected chi connectivity index (χ1v) is 12.1. The molecular weight excluding hydrogens is 464 g/mol. The molecule has 0 bridgehead atoms. The van der Waals surface area contributed by atoms with Gasteiger partial charge in [0.15, 0.2) is 5.57 Å². The van der Waals surface area contributed by atoms with Crippen LogP contribution in [0, 0.1) is 22.7 Å². The van der Waals surface area contributed by atoms with Crippen LogP contribution in [0.5, 0.6) is 5.75 Å². The summed E-state index contributed by atoms with van der Waals surface area (Å²) in [5, 5.41) is 23.3. The molecule has 35 heavy (non-hydrogen) atoms. The third kappa shape index (κ3) is 7.22. The standard InChI is InChI=1S/C25H26N6O3S/c1-2-31-23(16-19(18-27)24(32)29-11-9-26)35-22(25(31)33)8-10-28-20-6-5-7-21(17-20)34-15-14-30-12-3-4-13-30/h5-7,10,17,28H,2-4,11-15H2,1H3,(H,29,32). The van der Waals surface area contributed by atoms with Crippen LogP contribution in [0.25, 0.3) is 11.5 Å². The summed E-state index contributed by atoms with van der Waals surface area (Å²) in [6.45, 7) is 5.70. The van der Waals surface area contributed by atoms with Gasteiger partial charge >= 0.3 is 0 Å². The molecule has 1 saturated heterocycles. The largest absolute Gasteiger partial charge is 0.492 e. The van der Waals surface area contributed by atoms with E-state index in [2.05, 4.69) is 27.0 Å². The molecule has 1 fully saturated rings. The summed E-state index contributed by atoms with van der Waals surface area (Å²) in [5.41, 5.74) is 5.81. The van der Waals surface area contributed by atoms with Gasteiger partial charge in [0.05, 0.1) is 6.07 Å². The van der Waals surface area contributed by atoms with Gasteiger partial charge in [-0.05, 0) is 45.0 Å². The number of nitrogens with zero attached hydrogens (tertiary/aromatic N) is 4. The Bertz CT molecular complexity index is 1390. The summed E-state index contributed by atoms with van der Waals surface area (Å²) < 4.78 is 7.90. The van der Waals surface area contributed by atoms with Crippen molar-refractivity contribution in [3.05, 3.63) is 55.6 Å². The Morgan fingerprint density at radius 1 is 1.29 bits per heavy atom. The van der Waals surface area contributed by atoms with Crippen LogP contribution in [0.1, 0.15) is 19.8 Å². The summed E-state index contributed by atoms with van der Waals surface area (Å²) in [5.74, 6) is 0.0376. The number of anilines is 1. The Morgan fingerprint density at radius 2 is 2.09 bits per heavy atom. The van der Waals surface area contributed by atoms with Crippen LogP contribution in [0.3, 0.4) is 0 Å². The van der Waals surface area contributed by atoms with Crippen LogP contribution in [-0.2, 0) is 11.3 Å². The van der Waals surface area contributed by atoms with Crippen molar-refractivity contribution in [3.8, 4) is 17.9 Å². The maximum absolute atomic E-state index is 12.7. The zero-order valence-electron chi connectivity index (χ0n) is 19.5. The van der Waals surface area contributed by atoms with Gasteiger partial charge in [-0.3, -0.25) is 19.1 Å². The SMILES string of the molecule is CCn1c(=C=C(C#N)C(=O)NCC#N)sc(=C=CNc2cccc(OCCN3CCCC3)c2)c1=O. The number of carbonyl (C=O) groups excluding carboxylic acids is 1. The molecule has 2 aromatic rings. The van der Waals surface area contributed by atoms with E-state index in [-0.39, 0.29) is 17.7 Å². The van der Waals surface area contributed by atoms with Gasteiger partial charge < -0.3 is 15.4 Å². The number of aromatic nitrogens is 1. The number of nitriles is 2. The van der Waals surface area contributed by atoms with Crippen LogP contribution < -0.4 is 30.1 Å². The molecule has 0 saturated carbocycles. The second kappa shape index (κ2) is 13.0. The lowest BCUT2D eigenvalue weighted by Gasteiger charge is -2.15. The minimum atomic E-state index is -0.720. The molecule has 1 aromatic carbocycles. The predicted octanol–water partition coefficient (Wildman–Crippen LogP) is 0.879. The summed E-state index contributed by atoms with van der Waals surface area (Å²) in [4.78, 5) is 27.1. The van der Waals surface area contributed by atoms with Crippen LogP contribution in [0.4, 0.5) is 5.69 Å². The third-order valence-electron chi connectivity index (χ3n) is 5.25. The molecule has 1 aromatic heterocycles. The van der Waals surface area contributed by atoms with Crippen molar-refractivity contribution < 1.29 is 9.53 Å². The highest BCUT2D eigenvalue weighted by Crippen LogP contribution is 2.17. The molecule has 0 spiro atoms. The molecule has 1 aliphatic heterocycles. The monoisotopic (exact) mass is 490 g/mol. The smallest absolute Gasteiger partial charge is 0.277 e. The third-order valence-corrected chi connectivity index (χ3v) is 6.26. The summed E-state index contributed by atoms with van der Waals surface area (Å²) in [7, 11) is 0. The number of nitrogens with one attached hydrogen (secondary N) is 2. The van der Waals surface area contributed by atoms with E-state index < -0.39 is 5.91 Å². The zero-order valence-corrected chi connectivity index (χ0v) is 20.3. The van der Waals surface area contributed by atoms with Crippen molar-refractivity contribution in [3.63, 3.8) is 0 Å². The highest BCUT2D eigenvalue weighted by molar-refractivity contribution is 7.07. The summed E-state index contributed by atoms with van der Waals surface area (Å²) in [6.07, 6.45) is 4.04. The maximum atomic E-state index is 12.7. The Kier molecular flexibility index (Phi) is 9.50. The molecule has 9 nitrogen and oxygen atoms in total. The number of carbonyl (C=O) groups is 1. The topological polar surface area (TPSA) is 123 Å². The van der Waals surface area contributed by atoms with Crippen molar-refractivity contribution in [2.24, 2.45) is 0 Å². The molecule has 2 heterocycles. The first-order chi connectivity index (χ1) is 17.0. The number of hydrogen-bond donors (Lipinski definition) is 2. The Hall–Kier alpha value is -4.04. The number of rotatable bonds is 9. The normalized spacial score (nSPS) is 12.5. The van der Waals surface area contributed by atoms with Crippen molar-refractivity contribution in [2.45, 2.75) is 26.3 Å². The van der Waals surface area contributed by atoms with Gasteiger partial charge in [0.2, 0.25) is 0 Å². The molecule has 0 unspecified atom stereocenters. The quantitative estimate of drug-likeness (QED) is 0.304. The molecule has 2 N–H and O–H groups in total. The Balaban J connectivity index is 1.80. The Morgan fingerprint density at radius 3 is 2.80 bits per heavy atom. The van der Waals surface area contributed by atoms with Gasteiger partial charge in [-0.15, -0.1) is 0 Å². The average molecular weight is 491 g/mol. The minimum absolute atomic E-state index is 0.227. The second-order valence-corrected chi connectivity index (χ2v) is 8.60. The molecule has 1 aliphatic rings. The van der Waals surface area contributed by atoms with Gasteiger partial charge in [0.25, 0.3) is 11.5 Å². The maximum Gasteiger partial charge on any atom is 0.277 e. The average Bonchev–Trinajstić information content (AvgIpc) is 3.49. The van der Waals surface area contributed by atoms with E-state index in [1.165, 1.54) is 23.6 Å². The fourth-order valence-corrected chi connectivity index (χ4v) is 4.48. The van der Waals surface area contributed by atoms with Crippen LogP contribution in [-0.4, -0.2) is 48.2 Å². The van der Waals surface area contributed by atoms with Crippen molar-refractivity contribution in [2.75, 3.05) is 38.1 Å². The molecule has 180 valence electrons. The molecule has 0 radical (unpaired) electrons. The minimum Gasteiger partial charge on any atom is -0.492 e. The van der Waals surface area contributed by atoms with Crippen molar-refractivity contribution in [1.29, 1.82) is 10.5 Å². The molecule has 1 amide bonds. The molecule has 3 rings (SSSR count). The zero-order chi connectivity index (χ0) is 25.0. The van der Waals surface area contributed by atoms with Crippen LogP contribution >= 0.6 is 11.3 Å². The van der Waals surface area contributed by atoms with E-state index in [1.54, 1.807) is 19.1 Å². The number of benzene rings is 1. The van der Waals surface area contributed by atoms with Gasteiger partial charge in [-0.1, -0.05) is 28.9 Å². The lowest BCUT2D eigenvalue weighted by Crippen LogP contribution is -2.30. The first kappa shape index (κ1) is 25.6. The number of likely N-dealkylation sites (tertiary alicyclic amines) is 1. The number of ether oxygens (including phenoxy) is 1. The van der Waals surface area contributed by atoms with Gasteiger partial charge in [-0.25, -0.2) is 0 Å². The van der Waals surface area contributed by atoms with E-state index in [1.807, 2.05) is 24.3 Å². The van der Waals surface area contributed by atoms with E-state index in [9.17, 15) is 14.9 Å². The highest BCUT2D eigenvalue weighted by Gasteiger charge is 2.11. The Labute approximate surface area is 207 Å². The van der Waals surface area contributed by atoms with Gasteiger partial charge in [-0.2, -0.15) is 10.5 Å². The lowest BCUT2D eigenvalue weighted by atomic mass is 10.3. The fourth-order valence-electron chi connectivity index (χ4n) is 3.49. The van der Waals surface area contributed by atoms with Crippen LogP contribution in [0.2, 0.25) is 0 Å². The van der Waals surface area contributed by atoms with Crippen molar-refractivity contribution >= 4 is 34.4 Å². The van der Waals surface area contributed by atoms with Crippen molar-refractivity contribution in [1.82, 2.24) is 14.8 Å². The predicted molar refractivity (Wildman–Crippen MR) is 134 cm³/mol. The lowest BCUT2D eigenvalue weighted by molar-refractivity contribution is -0.116. The van der Waals surface area contributed by atoms with E-state index in [4.69, 9.17) is 10.00 Å². The van der Waals surface area contributed by atoms with E-state index in [0.717, 1.165) is 42.4 Å². The number of thiazole rings is 1. The number of amides is 1. The van der Waals surface area contributed by atoms with Crippen LogP contribution in [0.15, 0.2) is 40.8 Å². The summed E-state index contributed by atoms with van der Waals surface area (Å²) in [6, 6.07) is 11.1. The number of hydrogen-bond acceptors (Lipinski definition) is 8. The van der Waals surface area contributed by atoms with E-state index >= 15 is 0 Å². The van der Waals surface area contributed by atoms with Gasteiger partial charge in [0, 0.05) is 31.0 Å². The molecule has 10 heteroatoms. The van der Waals surface area contributed by atoms with E-state index in [0.29, 0.717) is 22.3 Å². The molecule has 0 aliphatic carbocycles. The highest BCUT2D eigenvalue weighted by atomic mass is 32.1. The van der Waals surface area contributed by atoms with Gasteiger partial charge in [0.1, 0.15) is 34.2 Å². The molecular formula is C25H26N6O3S.